The Morgan fingerprint density at radius 1 is 1.29 bits per heavy atom. The summed E-state index contributed by atoms with van der Waals surface area (Å²) in [5.74, 6) is 0.507. The number of anilines is 2. The number of morpholine rings is 1. The molecular weight excluding hydrogens is 264 g/mol. The van der Waals surface area contributed by atoms with Gasteiger partial charge in [0.2, 0.25) is 5.91 Å². The van der Waals surface area contributed by atoms with Crippen LogP contribution in [0, 0.1) is 5.92 Å². The minimum Gasteiger partial charge on any atom is -0.378 e. The normalized spacial score (nSPS) is 21.5. The summed E-state index contributed by atoms with van der Waals surface area (Å²) in [6.45, 7) is 3.24. The lowest BCUT2D eigenvalue weighted by Gasteiger charge is -2.30. The third-order valence-electron chi connectivity index (χ3n) is 4.09. The third-order valence-corrected chi connectivity index (χ3v) is 4.09. The standard InChI is InChI=1S/C17H22N2O2/c20-17(13-14-5-1-2-6-14)18-15-7-3-4-8-16(15)19-9-11-21-12-10-19/h1,3-5,7-8,14H,2,6,9-13H2,(H,18,20)/t14-/m0/s1. The van der Waals surface area contributed by atoms with Crippen LogP contribution < -0.4 is 10.2 Å². The number of hydrogen-bond acceptors (Lipinski definition) is 3. The molecule has 4 nitrogen and oxygen atoms in total. The van der Waals surface area contributed by atoms with Crippen LogP contribution in [0.1, 0.15) is 19.3 Å². The maximum absolute atomic E-state index is 12.2. The molecule has 0 unspecified atom stereocenters. The van der Waals surface area contributed by atoms with Crippen LogP contribution in [0.3, 0.4) is 0 Å². The van der Waals surface area contributed by atoms with Crippen LogP contribution in [-0.4, -0.2) is 32.2 Å². The van der Waals surface area contributed by atoms with E-state index in [4.69, 9.17) is 4.74 Å². The van der Waals surface area contributed by atoms with Crippen LogP contribution in [0.5, 0.6) is 0 Å². The molecule has 1 aliphatic heterocycles. The topological polar surface area (TPSA) is 41.6 Å². The predicted molar refractivity (Wildman–Crippen MR) is 84.6 cm³/mol. The Bertz CT molecular complexity index is 521. The number of hydrogen-bond donors (Lipinski definition) is 1. The van der Waals surface area contributed by atoms with Crippen molar-refractivity contribution in [2.75, 3.05) is 36.5 Å². The molecule has 0 spiro atoms. The van der Waals surface area contributed by atoms with Gasteiger partial charge in [0.05, 0.1) is 24.6 Å². The van der Waals surface area contributed by atoms with Gasteiger partial charge in [-0.1, -0.05) is 24.3 Å². The molecule has 1 atom stereocenters. The van der Waals surface area contributed by atoms with Gasteiger partial charge in [0.15, 0.2) is 0 Å². The minimum atomic E-state index is 0.104. The number of rotatable bonds is 4. The molecule has 0 bridgehead atoms. The summed E-state index contributed by atoms with van der Waals surface area (Å²) in [4.78, 5) is 14.5. The monoisotopic (exact) mass is 286 g/mol. The number of carbonyl (C=O) groups excluding carboxylic acids is 1. The first-order valence-electron chi connectivity index (χ1n) is 7.71. The molecule has 4 heteroatoms. The molecule has 1 saturated heterocycles. The van der Waals surface area contributed by atoms with Crippen molar-refractivity contribution in [2.24, 2.45) is 5.92 Å². The summed E-state index contributed by atoms with van der Waals surface area (Å²) >= 11 is 0. The van der Waals surface area contributed by atoms with E-state index in [2.05, 4.69) is 28.4 Å². The maximum Gasteiger partial charge on any atom is 0.225 e. The second-order valence-electron chi connectivity index (χ2n) is 5.63. The van der Waals surface area contributed by atoms with Gasteiger partial charge in [0.1, 0.15) is 0 Å². The Morgan fingerprint density at radius 2 is 2.10 bits per heavy atom. The maximum atomic E-state index is 12.2. The van der Waals surface area contributed by atoms with Crippen LogP contribution in [0.15, 0.2) is 36.4 Å². The third kappa shape index (κ3) is 3.64. The molecule has 1 amide bonds. The summed E-state index contributed by atoms with van der Waals surface area (Å²) in [6.07, 6.45) is 7.10. The van der Waals surface area contributed by atoms with Crippen molar-refractivity contribution in [3.05, 3.63) is 36.4 Å². The van der Waals surface area contributed by atoms with Crippen molar-refractivity contribution < 1.29 is 9.53 Å². The van der Waals surface area contributed by atoms with E-state index in [-0.39, 0.29) is 5.91 Å². The number of carbonyl (C=O) groups is 1. The van der Waals surface area contributed by atoms with E-state index in [1.54, 1.807) is 0 Å². The Hall–Kier alpha value is -1.81. The minimum absolute atomic E-state index is 0.104. The van der Waals surface area contributed by atoms with Gasteiger partial charge in [0.25, 0.3) is 0 Å². The van der Waals surface area contributed by atoms with Gasteiger partial charge in [-0.15, -0.1) is 0 Å². The number of ether oxygens (including phenoxy) is 1. The van der Waals surface area contributed by atoms with Crippen molar-refractivity contribution in [1.29, 1.82) is 0 Å². The van der Waals surface area contributed by atoms with Crippen molar-refractivity contribution in [1.82, 2.24) is 0 Å². The summed E-state index contributed by atoms with van der Waals surface area (Å²) in [6, 6.07) is 8.03. The lowest BCUT2D eigenvalue weighted by atomic mass is 10.0. The van der Waals surface area contributed by atoms with Gasteiger partial charge in [-0.05, 0) is 30.9 Å². The molecule has 0 saturated carbocycles. The Labute approximate surface area is 125 Å². The van der Waals surface area contributed by atoms with Gasteiger partial charge < -0.3 is 15.0 Å². The zero-order chi connectivity index (χ0) is 14.5. The fraction of sp³-hybridized carbons (Fsp3) is 0.471. The van der Waals surface area contributed by atoms with E-state index in [0.29, 0.717) is 12.3 Å². The molecule has 0 aromatic heterocycles. The first kappa shape index (κ1) is 14.1. The number of nitrogens with zero attached hydrogens (tertiary/aromatic N) is 1. The molecule has 21 heavy (non-hydrogen) atoms. The van der Waals surface area contributed by atoms with Crippen LogP contribution in [0.4, 0.5) is 11.4 Å². The number of nitrogens with one attached hydrogen (secondary N) is 1. The molecule has 1 aliphatic carbocycles. The second kappa shape index (κ2) is 6.76. The average molecular weight is 286 g/mol. The Morgan fingerprint density at radius 3 is 2.86 bits per heavy atom. The van der Waals surface area contributed by atoms with E-state index in [1.165, 1.54) is 0 Å². The summed E-state index contributed by atoms with van der Waals surface area (Å²) in [7, 11) is 0. The first-order valence-corrected chi connectivity index (χ1v) is 7.71. The molecule has 1 N–H and O–H groups in total. The number of allylic oxidation sites excluding steroid dienone is 2. The number of para-hydroxylation sites is 2. The van der Waals surface area contributed by atoms with Gasteiger partial charge >= 0.3 is 0 Å². The van der Waals surface area contributed by atoms with Crippen LogP contribution >= 0.6 is 0 Å². The van der Waals surface area contributed by atoms with Crippen molar-refractivity contribution in [3.8, 4) is 0 Å². The molecule has 112 valence electrons. The van der Waals surface area contributed by atoms with Crippen molar-refractivity contribution >= 4 is 17.3 Å². The average Bonchev–Trinajstić information content (AvgIpc) is 3.01. The van der Waals surface area contributed by atoms with Gasteiger partial charge in [-0.25, -0.2) is 0 Å². The molecular formula is C17H22N2O2. The van der Waals surface area contributed by atoms with E-state index >= 15 is 0 Å². The fourth-order valence-electron chi connectivity index (χ4n) is 2.96. The zero-order valence-corrected chi connectivity index (χ0v) is 12.3. The lowest BCUT2D eigenvalue weighted by molar-refractivity contribution is -0.116. The van der Waals surface area contributed by atoms with E-state index in [9.17, 15) is 4.79 Å². The Balaban J connectivity index is 1.66. The second-order valence-corrected chi connectivity index (χ2v) is 5.63. The van der Waals surface area contributed by atoms with Crippen LogP contribution in [0.2, 0.25) is 0 Å². The highest BCUT2D eigenvalue weighted by Crippen LogP contribution is 2.27. The highest BCUT2D eigenvalue weighted by molar-refractivity contribution is 5.94. The van der Waals surface area contributed by atoms with E-state index in [1.807, 2.05) is 18.2 Å². The van der Waals surface area contributed by atoms with Gasteiger partial charge in [0, 0.05) is 19.5 Å². The molecule has 1 heterocycles. The molecule has 3 rings (SSSR count). The smallest absolute Gasteiger partial charge is 0.225 e. The highest BCUT2D eigenvalue weighted by Gasteiger charge is 2.18. The molecule has 1 fully saturated rings. The van der Waals surface area contributed by atoms with Gasteiger partial charge in [-0.2, -0.15) is 0 Å². The molecule has 0 radical (unpaired) electrons. The van der Waals surface area contributed by atoms with Crippen molar-refractivity contribution in [3.63, 3.8) is 0 Å². The number of amides is 1. The molecule has 1 aromatic rings. The molecule has 2 aliphatic rings. The van der Waals surface area contributed by atoms with E-state index in [0.717, 1.165) is 50.5 Å². The first-order chi connectivity index (χ1) is 10.3. The SMILES string of the molecule is O=C(C[C@H]1C=CCC1)Nc1ccccc1N1CCOCC1. The quantitative estimate of drug-likeness (QED) is 0.865. The molecule has 1 aromatic carbocycles. The zero-order valence-electron chi connectivity index (χ0n) is 12.3. The predicted octanol–water partition coefficient (Wildman–Crippen LogP) is 2.82. The summed E-state index contributed by atoms with van der Waals surface area (Å²) < 4.78 is 5.39. The fourth-order valence-corrected chi connectivity index (χ4v) is 2.96. The summed E-state index contributed by atoms with van der Waals surface area (Å²) in [5.41, 5.74) is 2.00. The number of benzene rings is 1. The highest BCUT2D eigenvalue weighted by atomic mass is 16.5. The lowest BCUT2D eigenvalue weighted by Crippen LogP contribution is -2.36. The summed E-state index contributed by atoms with van der Waals surface area (Å²) in [5, 5.41) is 3.08. The van der Waals surface area contributed by atoms with Crippen LogP contribution in [0.25, 0.3) is 0 Å². The Kier molecular flexibility index (Phi) is 4.55. The van der Waals surface area contributed by atoms with Crippen molar-refractivity contribution in [2.45, 2.75) is 19.3 Å². The van der Waals surface area contributed by atoms with Gasteiger partial charge in [-0.3, -0.25) is 4.79 Å². The largest absolute Gasteiger partial charge is 0.378 e. The van der Waals surface area contributed by atoms with E-state index < -0.39 is 0 Å². The van der Waals surface area contributed by atoms with Crippen LogP contribution in [-0.2, 0) is 9.53 Å².